The zero-order valence-corrected chi connectivity index (χ0v) is 15.3. The molecule has 0 bridgehead atoms. The number of hydrogen-bond acceptors (Lipinski definition) is 3. The van der Waals surface area contributed by atoms with E-state index in [1.807, 2.05) is 18.2 Å². The zero-order chi connectivity index (χ0) is 18.6. The van der Waals surface area contributed by atoms with Crippen molar-refractivity contribution in [1.82, 2.24) is 0 Å². The van der Waals surface area contributed by atoms with Gasteiger partial charge in [-0.3, -0.25) is 0 Å². The predicted molar refractivity (Wildman–Crippen MR) is 105 cm³/mol. The molecule has 0 unspecified atom stereocenters. The van der Waals surface area contributed by atoms with E-state index in [0.717, 1.165) is 12.0 Å². The van der Waals surface area contributed by atoms with Crippen LogP contribution in [0.4, 0.5) is 0 Å². The summed E-state index contributed by atoms with van der Waals surface area (Å²) < 4.78 is 5.21. The molecule has 0 amide bonds. The third kappa shape index (κ3) is 6.94. The second kappa shape index (κ2) is 10.9. The molecular weight excluding hydrogens is 322 g/mol. The maximum atomic E-state index is 11.9. The lowest BCUT2D eigenvalue weighted by Crippen LogP contribution is -2.03. The third-order valence-corrected chi connectivity index (χ3v) is 4.16. The third-order valence-electron chi connectivity index (χ3n) is 4.16. The first-order chi connectivity index (χ1) is 12.7. The molecule has 0 spiro atoms. The lowest BCUT2D eigenvalue weighted by Gasteiger charge is -2.03. The Kier molecular flexibility index (Phi) is 8.15. The number of rotatable bonds is 9. The molecule has 0 aliphatic rings. The van der Waals surface area contributed by atoms with Crippen LogP contribution in [0.3, 0.4) is 0 Å². The van der Waals surface area contributed by atoms with Gasteiger partial charge < -0.3 is 4.74 Å². The molecule has 2 aromatic rings. The summed E-state index contributed by atoms with van der Waals surface area (Å²) >= 11 is 0. The van der Waals surface area contributed by atoms with Crippen molar-refractivity contribution in [1.29, 1.82) is 5.26 Å². The summed E-state index contributed by atoms with van der Waals surface area (Å²) in [4.78, 5) is 11.9. The quantitative estimate of drug-likeness (QED) is 0.253. The molecule has 0 radical (unpaired) electrons. The van der Waals surface area contributed by atoms with E-state index < -0.39 is 5.97 Å². The van der Waals surface area contributed by atoms with Gasteiger partial charge in [0.1, 0.15) is 5.75 Å². The van der Waals surface area contributed by atoms with E-state index in [1.165, 1.54) is 43.7 Å². The van der Waals surface area contributed by atoms with Crippen molar-refractivity contribution in [2.24, 2.45) is 0 Å². The van der Waals surface area contributed by atoms with Crippen molar-refractivity contribution in [2.45, 2.75) is 45.4 Å². The van der Waals surface area contributed by atoms with E-state index in [9.17, 15) is 4.79 Å². The molecule has 3 heteroatoms. The van der Waals surface area contributed by atoms with Gasteiger partial charge in [-0.2, -0.15) is 5.26 Å². The van der Waals surface area contributed by atoms with E-state index in [-0.39, 0.29) is 0 Å². The van der Waals surface area contributed by atoms with Gasteiger partial charge in [0, 0.05) is 6.08 Å². The van der Waals surface area contributed by atoms with Crippen molar-refractivity contribution >= 4 is 12.0 Å². The number of carbonyl (C=O) groups is 1. The second-order valence-electron chi connectivity index (χ2n) is 6.30. The molecule has 0 N–H and O–H groups in total. The van der Waals surface area contributed by atoms with Gasteiger partial charge in [0.15, 0.2) is 0 Å². The average Bonchev–Trinajstić information content (AvgIpc) is 2.68. The van der Waals surface area contributed by atoms with Crippen molar-refractivity contribution in [3.8, 4) is 11.8 Å². The Hall–Kier alpha value is -2.86. The fraction of sp³-hybridized carbons (Fsp3) is 0.304. The number of aryl methyl sites for hydroxylation is 1. The van der Waals surface area contributed by atoms with E-state index in [2.05, 4.69) is 19.1 Å². The summed E-state index contributed by atoms with van der Waals surface area (Å²) in [5.74, 6) is -0.00761. The largest absolute Gasteiger partial charge is 0.423 e. The van der Waals surface area contributed by atoms with E-state index >= 15 is 0 Å². The standard InChI is InChI=1S/C23H25NO2/c1-2-3-4-5-6-7-19-8-10-20(11-9-19)14-17-23(25)26-22-15-12-21(18-24)13-16-22/h8-17H,2-7H2,1H3. The summed E-state index contributed by atoms with van der Waals surface area (Å²) in [6.45, 7) is 2.23. The molecular formula is C23H25NO2. The Balaban J connectivity index is 1.79. The molecule has 0 aliphatic heterocycles. The first-order valence-electron chi connectivity index (χ1n) is 9.20. The van der Waals surface area contributed by atoms with Gasteiger partial charge in [0.2, 0.25) is 0 Å². The highest BCUT2D eigenvalue weighted by Crippen LogP contribution is 2.13. The normalized spacial score (nSPS) is 10.6. The van der Waals surface area contributed by atoms with E-state index in [4.69, 9.17) is 10.00 Å². The highest BCUT2D eigenvalue weighted by molar-refractivity contribution is 5.88. The van der Waals surface area contributed by atoms with Crippen molar-refractivity contribution in [3.63, 3.8) is 0 Å². The number of esters is 1. The maximum Gasteiger partial charge on any atom is 0.336 e. The zero-order valence-electron chi connectivity index (χ0n) is 15.3. The fourth-order valence-corrected chi connectivity index (χ4v) is 2.64. The molecule has 0 fully saturated rings. The van der Waals surface area contributed by atoms with Crippen molar-refractivity contribution < 1.29 is 9.53 Å². The summed E-state index contributed by atoms with van der Waals surface area (Å²) in [5, 5.41) is 8.75. The van der Waals surface area contributed by atoms with Gasteiger partial charge in [-0.15, -0.1) is 0 Å². The Morgan fingerprint density at radius 3 is 2.35 bits per heavy atom. The molecule has 2 rings (SSSR count). The predicted octanol–water partition coefficient (Wildman–Crippen LogP) is 5.69. The van der Waals surface area contributed by atoms with Crippen LogP contribution in [-0.2, 0) is 11.2 Å². The number of benzene rings is 2. The topological polar surface area (TPSA) is 50.1 Å². The van der Waals surface area contributed by atoms with Crippen LogP contribution < -0.4 is 4.74 Å². The van der Waals surface area contributed by atoms with Crippen molar-refractivity contribution in [3.05, 3.63) is 71.3 Å². The first-order valence-corrected chi connectivity index (χ1v) is 9.20. The van der Waals surface area contributed by atoms with Gasteiger partial charge in [-0.25, -0.2) is 4.79 Å². The minimum Gasteiger partial charge on any atom is -0.423 e. The molecule has 0 aromatic heterocycles. The summed E-state index contributed by atoms with van der Waals surface area (Å²) in [6, 6.07) is 16.8. The SMILES string of the molecule is CCCCCCCc1ccc(C=CC(=O)Oc2ccc(C#N)cc2)cc1. The van der Waals surface area contributed by atoms with Crippen LogP contribution in [0.2, 0.25) is 0 Å². The fourth-order valence-electron chi connectivity index (χ4n) is 2.64. The monoisotopic (exact) mass is 347 g/mol. The number of nitrogens with zero attached hydrogens (tertiary/aromatic N) is 1. The van der Waals surface area contributed by atoms with Crippen LogP contribution in [-0.4, -0.2) is 5.97 Å². The number of ether oxygens (including phenoxy) is 1. The second-order valence-corrected chi connectivity index (χ2v) is 6.30. The van der Waals surface area contributed by atoms with E-state index in [0.29, 0.717) is 11.3 Å². The van der Waals surface area contributed by atoms with Crippen molar-refractivity contribution in [2.75, 3.05) is 0 Å². The Bertz CT molecular complexity index is 752. The highest BCUT2D eigenvalue weighted by atomic mass is 16.5. The van der Waals surface area contributed by atoms with Crippen LogP contribution in [0.25, 0.3) is 6.08 Å². The lowest BCUT2D eigenvalue weighted by molar-refractivity contribution is -0.128. The molecule has 0 atom stereocenters. The molecule has 2 aromatic carbocycles. The average molecular weight is 347 g/mol. The lowest BCUT2D eigenvalue weighted by atomic mass is 10.0. The minimum absolute atomic E-state index is 0.428. The van der Waals surface area contributed by atoms with Gasteiger partial charge in [-0.1, -0.05) is 56.9 Å². The summed E-state index contributed by atoms with van der Waals surface area (Å²) in [5.41, 5.74) is 2.83. The van der Waals surface area contributed by atoms with Gasteiger partial charge in [0.05, 0.1) is 11.6 Å². The number of unbranched alkanes of at least 4 members (excludes halogenated alkanes) is 4. The van der Waals surface area contributed by atoms with Crippen LogP contribution >= 0.6 is 0 Å². The molecule has 0 heterocycles. The smallest absolute Gasteiger partial charge is 0.336 e. The molecule has 134 valence electrons. The maximum absolute atomic E-state index is 11.9. The van der Waals surface area contributed by atoms with Gasteiger partial charge in [-0.05, 0) is 54.3 Å². The number of hydrogen-bond donors (Lipinski definition) is 0. The molecule has 0 saturated heterocycles. The van der Waals surface area contributed by atoms with Crippen LogP contribution in [0, 0.1) is 11.3 Å². The minimum atomic E-state index is -0.435. The Morgan fingerprint density at radius 2 is 1.69 bits per heavy atom. The highest BCUT2D eigenvalue weighted by Gasteiger charge is 2.01. The molecule has 0 saturated carbocycles. The van der Waals surface area contributed by atoms with Crippen LogP contribution in [0.5, 0.6) is 5.75 Å². The Labute approximate surface area is 155 Å². The summed E-state index contributed by atoms with van der Waals surface area (Å²) in [7, 11) is 0. The van der Waals surface area contributed by atoms with Crippen LogP contribution in [0.15, 0.2) is 54.6 Å². The van der Waals surface area contributed by atoms with Gasteiger partial charge >= 0.3 is 5.97 Å². The van der Waals surface area contributed by atoms with E-state index in [1.54, 1.807) is 30.3 Å². The Morgan fingerprint density at radius 1 is 1.00 bits per heavy atom. The molecule has 3 nitrogen and oxygen atoms in total. The van der Waals surface area contributed by atoms with Crippen LogP contribution in [0.1, 0.15) is 55.7 Å². The summed E-state index contributed by atoms with van der Waals surface area (Å²) in [6.07, 6.45) is 10.7. The number of carbonyl (C=O) groups excluding carboxylic acids is 1. The number of nitriles is 1. The van der Waals surface area contributed by atoms with Gasteiger partial charge in [0.25, 0.3) is 0 Å². The molecule has 0 aliphatic carbocycles. The first kappa shape index (κ1) is 19.5. The molecule has 26 heavy (non-hydrogen) atoms.